The zero-order valence-electron chi connectivity index (χ0n) is 14.3. The lowest BCUT2D eigenvalue weighted by Gasteiger charge is -2.16. The van der Waals surface area contributed by atoms with Gasteiger partial charge in [0.2, 0.25) is 5.91 Å². The third-order valence-corrected chi connectivity index (χ3v) is 3.15. The zero-order chi connectivity index (χ0) is 20.8. The summed E-state index contributed by atoms with van der Waals surface area (Å²) in [6, 6.07) is -1.14. The van der Waals surface area contributed by atoms with Crippen molar-refractivity contribution < 1.29 is 34.5 Å². The van der Waals surface area contributed by atoms with Crippen LogP contribution in [0.25, 0.3) is 0 Å². The lowest BCUT2D eigenvalue weighted by Crippen LogP contribution is -2.41. The van der Waals surface area contributed by atoms with Crippen LogP contribution < -0.4 is 16.4 Å². The fraction of sp³-hybridized carbons (Fsp3) is 0.750. The monoisotopic (exact) mass is 394 g/mol. The Bertz CT molecular complexity index is 543. The summed E-state index contributed by atoms with van der Waals surface area (Å²) in [6.45, 7) is -0.401. The average Bonchev–Trinajstić information content (AvgIpc) is 2.54. The lowest BCUT2D eigenvalue weighted by atomic mass is 10.1. The van der Waals surface area contributed by atoms with Crippen LogP contribution in [0.2, 0.25) is 0 Å². The highest BCUT2D eigenvalue weighted by Gasteiger charge is 2.20. The van der Waals surface area contributed by atoms with Gasteiger partial charge in [0.15, 0.2) is 5.96 Å². The van der Waals surface area contributed by atoms with Gasteiger partial charge in [0.1, 0.15) is 18.8 Å². The molecule has 0 saturated heterocycles. The van der Waals surface area contributed by atoms with Gasteiger partial charge in [0.05, 0.1) is 0 Å². The topological polar surface area (TPSA) is 233 Å². The summed E-state index contributed by atoms with van der Waals surface area (Å²) in [4.78, 5) is 51.6. The summed E-state index contributed by atoms with van der Waals surface area (Å²) in [7, 11) is 0. The highest BCUT2D eigenvalue weighted by Crippen LogP contribution is 2.07. The molecule has 154 valence electrons. The number of hydrogen-bond donors (Lipinski definition) is 5. The Labute approximate surface area is 152 Å². The maximum atomic E-state index is 11.8. The predicted octanol–water partition coefficient (Wildman–Crippen LogP) is -1.23. The van der Waals surface area contributed by atoms with Gasteiger partial charge in [-0.15, -0.1) is 20.2 Å². The Hall–Kier alpha value is -3.39. The lowest BCUT2D eigenvalue weighted by molar-refractivity contribution is -0.790. The summed E-state index contributed by atoms with van der Waals surface area (Å²) in [5.74, 6) is -2.09. The Morgan fingerprint density at radius 1 is 1.19 bits per heavy atom. The van der Waals surface area contributed by atoms with Crippen LogP contribution in [-0.2, 0) is 19.3 Å². The molecule has 2 unspecified atom stereocenters. The minimum atomic E-state index is -1.24. The van der Waals surface area contributed by atoms with Crippen molar-refractivity contribution in [1.29, 1.82) is 5.41 Å². The SMILES string of the molecule is N=C(N)NCCCC(NC(=O)CCCC(CO[N+](=O)[O-])O[N+](=O)[O-])C(=O)O. The minimum absolute atomic E-state index is 0.0592. The molecule has 0 aromatic carbocycles. The second-order valence-electron chi connectivity index (χ2n) is 5.30. The van der Waals surface area contributed by atoms with Crippen LogP contribution in [0, 0.1) is 25.6 Å². The predicted molar refractivity (Wildman–Crippen MR) is 87.4 cm³/mol. The molecule has 1 amide bonds. The maximum Gasteiger partial charge on any atom is 0.326 e. The van der Waals surface area contributed by atoms with E-state index < -0.39 is 40.8 Å². The highest BCUT2D eigenvalue weighted by atomic mass is 17.0. The first-order valence-electron chi connectivity index (χ1n) is 7.80. The molecule has 15 heteroatoms. The fourth-order valence-corrected chi connectivity index (χ4v) is 1.98. The smallest absolute Gasteiger partial charge is 0.326 e. The molecule has 0 rings (SSSR count). The highest BCUT2D eigenvalue weighted by molar-refractivity contribution is 5.83. The average molecular weight is 394 g/mol. The number of rotatable bonds is 15. The standard InChI is InChI=1S/C12H22N6O9/c13-12(14)15-6-2-4-9(11(20)21)16-10(19)5-1-3-8(27-18(24)25)7-26-17(22)23/h8-9H,1-7H2,(H,16,19)(H,20,21)(H4,13,14,15). The molecule has 0 bridgehead atoms. The van der Waals surface area contributed by atoms with Crippen molar-refractivity contribution in [2.45, 2.75) is 44.2 Å². The molecule has 2 atom stereocenters. The molecular formula is C12H22N6O9. The first-order valence-corrected chi connectivity index (χ1v) is 7.80. The second-order valence-corrected chi connectivity index (χ2v) is 5.30. The van der Waals surface area contributed by atoms with Crippen molar-refractivity contribution in [3.63, 3.8) is 0 Å². The van der Waals surface area contributed by atoms with Crippen molar-refractivity contribution in [1.82, 2.24) is 10.6 Å². The van der Waals surface area contributed by atoms with Gasteiger partial charge in [-0.05, 0) is 25.7 Å². The Morgan fingerprint density at radius 3 is 2.37 bits per heavy atom. The van der Waals surface area contributed by atoms with E-state index >= 15 is 0 Å². The molecule has 0 spiro atoms. The number of carbonyl (C=O) groups is 2. The molecule has 0 aliphatic rings. The van der Waals surface area contributed by atoms with Gasteiger partial charge in [-0.25, -0.2) is 4.79 Å². The van der Waals surface area contributed by atoms with Crippen LogP contribution in [0.5, 0.6) is 0 Å². The van der Waals surface area contributed by atoms with Crippen molar-refractivity contribution in [3.8, 4) is 0 Å². The largest absolute Gasteiger partial charge is 0.480 e. The van der Waals surface area contributed by atoms with Gasteiger partial charge in [-0.2, -0.15) is 0 Å². The van der Waals surface area contributed by atoms with E-state index in [1.165, 1.54) is 0 Å². The van der Waals surface area contributed by atoms with Crippen molar-refractivity contribution in [2.24, 2.45) is 5.73 Å². The molecule has 0 aliphatic carbocycles. The number of carbonyl (C=O) groups excluding carboxylic acids is 1. The van der Waals surface area contributed by atoms with Crippen LogP contribution in [-0.4, -0.2) is 58.4 Å². The van der Waals surface area contributed by atoms with E-state index in [-0.39, 0.29) is 38.2 Å². The number of guanidine groups is 1. The van der Waals surface area contributed by atoms with E-state index in [4.69, 9.17) is 16.2 Å². The van der Waals surface area contributed by atoms with Gasteiger partial charge >= 0.3 is 5.97 Å². The molecule has 0 radical (unpaired) electrons. The maximum absolute atomic E-state index is 11.8. The number of nitrogens with zero attached hydrogens (tertiary/aromatic N) is 2. The molecule has 0 aromatic heterocycles. The van der Waals surface area contributed by atoms with Crippen LogP contribution >= 0.6 is 0 Å². The molecule has 0 aliphatic heterocycles. The Balaban J connectivity index is 4.29. The summed E-state index contributed by atoms with van der Waals surface area (Å²) in [6.07, 6.45) is -0.970. The van der Waals surface area contributed by atoms with Crippen LogP contribution in [0.4, 0.5) is 0 Å². The van der Waals surface area contributed by atoms with Crippen molar-refractivity contribution >= 4 is 17.8 Å². The molecule has 15 nitrogen and oxygen atoms in total. The summed E-state index contributed by atoms with van der Waals surface area (Å²) in [5.41, 5.74) is 5.08. The number of nitrogens with two attached hydrogens (primary N) is 1. The number of carboxylic acids is 1. The van der Waals surface area contributed by atoms with Gasteiger partial charge in [-0.3, -0.25) is 10.2 Å². The Morgan fingerprint density at radius 2 is 1.85 bits per heavy atom. The molecule has 0 saturated carbocycles. The van der Waals surface area contributed by atoms with E-state index in [2.05, 4.69) is 20.3 Å². The van der Waals surface area contributed by atoms with Crippen molar-refractivity contribution in [3.05, 3.63) is 20.2 Å². The molecule has 0 aromatic rings. The van der Waals surface area contributed by atoms with Crippen LogP contribution in [0.15, 0.2) is 0 Å². The van der Waals surface area contributed by atoms with E-state index in [0.29, 0.717) is 6.42 Å². The number of amides is 1. The van der Waals surface area contributed by atoms with E-state index in [1.807, 2.05) is 0 Å². The molecule has 27 heavy (non-hydrogen) atoms. The van der Waals surface area contributed by atoms with Crippen molar-refractivity contribution in [2.75, 3.05) is 13.2 Å². The summed E-state index contributed by atoms with van der Waals surface area (Å²) in [5, 5.41) is 39.1. The fourth-order valence-electron chi connectivity index (χ4n) is 1.98. The van der Waals surface area contributed by atoms with Crippen LogP contribution in [0.3, 0.4) is 0 Å². The van der Waals surface area contributed by atoms with E-state index in [1.54, 1.807) is 0 Å². The number of hydrogen-bond acceptors (Lipinski definition) is 9. The molecule has 0 heterocycles. The molecule has 0 fully saturated rings. The second kappa shape index (κ2) is 12.9. The number of carboxylic acid groups (broad SMARTS) is 1. The van der Waals surface area contributed by atoms with Gasteiger partial charge in [0.25, 0.3) is 10.2 Å². The quantitative estimate of drug-likeness (QED) is 0.0725. The number of aliphatic carboxylic acids is 1. The third-order valence-electron chi connectivity index (χ3n) is 3.15. The third kappa shape index (κ3) is 13.6. The van der Waals surface area contributed by atoms with Gasteiger partial charge in [0, 0.05) is 13.0 Å². The number of nitrogens with one attached hydrogen (secondary N) is 3. The summed E-state index contributed by atoms with van der Waals surface area (Å²) < 4.78 is 0. The molecule has 6 N–H and O–H groups in total. The van der Waals surface area contributed by atoms with E-state index in [9.17, 15) is 29.8 Å². The zero-order valence-corrected chi connectivity index (χ0v) is 14.3. The first-order chi connectivity index (χ1) is 12.6. The van der Waals surface area contributed by atoms with Crippen LogP contribution in [0.1, 0.15) is 32.1 Å². The summed E-state index contributed by atoms with van der Waals surface area (Å²) >= 11 is 0. The first kappa shape index (κ1) is 23.6. The van der Waals surface area contributed by atoms with E-state index in [0.717, 1.165) is 0 Å². The van der Waals surface area contributed by atoms with Gasteiger partial charge in [-0.1, -0.05) is 0 Å². The minimum Gasteiger partial charge on any atom is -0.480 e. The molecular weight excluding hydrogens is 372 g/mol. The van der Waals surface area contributed by atoms with Gasteiger partial charge < -0.3 is 31.1 Å². The normalized spacial score (nSPS) is 12.3. The Kier molecular flexibility index (Phi) is 11.3.